The zero-order chi connectivity index (χ0) is 20.4. The van der Waals surface area contributed by atoms with Crippen molar-refractivity contribution in [3.63, 3.8) is 0 Å². The number of hydrogen-bond donors (Lipinski definition) is 2. The summed E-state index contributed by atoms with van der Waals surface area (Å²) in [5.41, 5.74) is 2.85. The molecule has 0 spiro atoms. The number of aryl methyl sites for hydroxylation is 1. The molecule has 2 N–H and O–H groups in total. The number of anilines is 1. The molecule has 1 aliphatic rings. The van der Waals surface area contributed by atoms with Crippen molar-refractivity contribution in [3.05, 3.63) is 64.5 Å². The quantitative estimate of drug-likeness (QED) is 0.628. The third kappa shape index (κ3) is 4.33. The molecule has 2 aromatic carbocycles. The number of benzene rings is 2. The van der Waals surface area contributed by atoms with Crippen molar-refractivity contribution >= 4 is 39.0 Å². The fourth-order valence-corrected chi connectivity index (χ4v) is 5.14. The number of amides is 1. The summed E-state index contributed by atoms with van der Waals surface area (Å²) < 4.78 is 1.00. The first-order chi connectivity index (χ1) is 14.0. The molecule has 0 unspecified atom stereocenters. The molecule has 150 valence electrons. The van der Waals surface area contributed by atoms with Gasteiger partial charge >= 0.3 is 5.97 Å². The number of rotatable bonds is 6. The Labute approximate surface area is 174 Å². The largest absolute Gasteiger partial charge is 0.477 e. The number of hydrogen-bond acceptors (Lipinski definition) is 4. The number of carboxylic acids is 1. The number of nitrogens with zero attached hydrogens (tertiary/aromatic N) is 1. The van der Waals surface area contributed by atoms with Gasteiger partial charge in [-0.1, -0.05) is 35.9 Å². The average molecular weight is 409 g/mol. The molecule has 4 rings (SSSR count). The molecule has 3 aromatic rings. The van der Waals surface area contributed by atoms with E-state index in [0.717, 1.165) is 46.3 Å². The van der Waals surface area contributed by atoms with Crippen LogP contribution in [0.4, 0.5) is 5.69 Å². The first-order valence-corrected chi connectivity index (χ1v) is 10.7. The molecular weight excluding hydrogens is 384 g/mol. The van der Waals surface area contributed by atoms with Crippen LogP contribution in [0.3, 0.4) is 0 Å². The highest BCUT2D eigenvalue weighted by atomic mass is 32.1. The number of likely N-dealkylation sites (tertiary alicyclic amines) is 1. The van der Waals surface area contributed by atoms with Gasteiger partial charge in [0.2, 0.25) is 5.91 Å². The van der Waals surface area contributed by atoms with Crippen molar-refractivity contribution in [2.75, 3.05) is 18.4 Å². The average Bonchev–Trinajstić information content (AvgIpc) is 3.29. The minimum atomic E-state index is -0.872. The summed E-state index contributed by atoms with van der Waals surface area (Å²) in [5, 5.41) is 13.6. The van der Waals surface area contributed by atoms with E-state index in [1.807, 2.05) is 55.5 Å². The standard InChI is InChI=1S/C23H24N2O3S/c1-15-8-10-16(11-9-15)24-21(26)14-25-12-4-5-17(25)13-19-18-6-2-3-7-20(18)29-22(19)23(27)28/h2-3,6-11,17H,4-5,12-14H2,1H3,(H,24,26)(H,27,28)/t17-/m1/s1. The lowest BCUT2D eigenvalue weighted by atomic mass is 10.0. The Morgan fingerprint density at radius 3 is 2.69 bits per heavy atom. The third-order valence-electron chi connectivity index (χ3n) is 5.51. The molecular formula is C23H24N2O3S. The van der Waals surface area contributed by atoms with Gasteiger partial charge in [0.25, 0.3) is 0 Å². The van der Waals surface area contributed by atoms with Crippen LogP contribution in [0.15, 0.2) is 48.5 Å². The summed E-state index contributed by atoms with van der Waals surface area (Å²) in [4.78, 5) is 26.9. The Morgan fingerprint density at radius 2 is 1.93 bits per heavy atom. The highest BCUT2D eigenvalue weighted by molar-refractivity contribution is 7.21. The van der Waals surface area contributed by atoms with E-state index in [2.05, 4.69) is 10.2 Å². The minimum absolute atomic E-state index is 0.0330. The van der Waals surface area contributed by atoms with E-state index in [1.54, 1.807) is 0 Å². The van der Waals surface area contributed by atoms with Gasteiger partial charge in [0, 0.05) is 16.4 Å². The van der Waals surface area contributed by atoms with E-state index in [-0.39, 0.29) is 11.9 Å². The number of nitrogens with one attached hydrogen (secondary N) is 1. The van der Waals surface area contributed by atoms with Crippen LogP contribution in [0, 0.1) is 6.92 Å². The zero-order valence-corrected chi connectivity index (χ0v) is 17.2. The fourth-order valence-electron chi connectivity index (χ4n) is 4.07. The second-order valence-electron chi connectivity index (χ2n) is 7.60. The minimum Gasteiger partial charge on any atom is -0.477 e. The predicted molar refractivity (Wildman–Crippen MR) is 117 cm³/mol. The summed E-state index contributed by atoms with van der Waals surface area (Å²) in [7, 11) is 0. The number of fused-ring (bicyclic) bond motifs is 1. The molecule has 1 fully saturated rings. The second kappa shape index (κ2) is 8.35. The van der Waals surface area contributed by atoms with Crippen LogP contribution in [-0.2, 0) is 11.2 Å². The Kier molecular flexibility index (Phi) is 5.65. The maximum Gasteiger partial charge on any atom is 0.346 e. The molecule has 1 amide bonds. The van der Waals surface area contributed by atoms with Gasteiger partial charge in [-0.05, 0) is 61.9 Å². The summed E-state index contributed by atoms with van der Waals surface area (Å²) in [5.74, 6) is -0.905. The highest BCUT2D eigenvalue weighted by Crippen LogP contribution is 2.34. The molecule has 1 aliphatic heterocycles. The number of thiophene rings is 1. The van der Waals surface area contributed by atoms with E-state index in [0.29, 0.717) is 17.8 Å². The monoisotopic (exact) mass is 408 g/mol. The van der Waals surface area contributed by atoms with Crippen molar-refractivity contribution in [1.29, 1.82) is 0 Å². The summed E-state index contributed by atoms with van der Waals surface area (Å²) in [6, 6.07) is 15.8. The van der Waals surface area contributed by atoms with E-state index in [1.165, 1.54) is 11.3 Å². The highest BCUT2D eigenvalue weighted by Gasteiger charge is 2.29. The first-order valence-electron chi connectivity index (χ1n) is 9.85. The van der Waals surface area contributed by atoms with Crippen LogP contribution in [0.2, 0.25) is 0 Å². The molecule has 1 saturated heterocycles. The summed E-state index contributed by atoms with van der Waals surface area (Å²) in [6.45, 7) is 3.19. The van der Waals surface area contributed by atoms with E-state index < -0.39 is 5.97 Å². The number of carbonyl (C=O) groups is 2. The van der Waals surface area contributed by atoms with Gasteiger partial charge in [-0.25, -0.2) is 4.79 Å². The van der Waals surface area contributed by atoms with Gasteiger partial charge in [0.05, 0.1) is 6.54 Å². The first kappa shape index (κ1) is 19.6. The van der Waals surface area contributed by atoms with E-state index in [4.69, 9.17) is 0 Å². The van der Waals surface area contributed by atoms with Crippen molar-refractivity contribution in [2.45, 2.75) is 32.2 Å². The summed E-state index contributed by atoms with van der Waals surface area (Å²) >= 11 is 1.34. The van der Waals surface area contributed by atoms with Crippen LogP contribution in [0.1, 0.15) is 33.6 Å². The number of aromatic carboxylic acids is 1. The summed E-state index contributed by atoms with van der Waals surface area (Å²) in [6.07, 6.45) is 2.65. The molecule has 1 aromatic heterocycles. The molecule has 0 aliphatic carbocycles. The van der Waals surface area contributed by atoms with Gasteiger partial charge in [0.1, 0.15) is 4.88 Å². The van der Waals surface area contributed by atoms with Crippen LogP contribution in [0.25, 0.3) is 10.1 Å². The SMILES string of the molecule is Cc1ccc(NC(=O)CN2CCC[C@@H]2Cc2c(C(=O)O)sc3ccccc23)cc1. The van der Waals surface area contributed by atoms with Crippen LogP contribution >= 0.6 is 11.3 Å². The van der Waals surface area contributed by atoms with Gasteiger partial charge in [0.15, 0.2) is 0 Å². The van der Waals surface area contributed by atoms with Gasteiger partial charge in [-0.2, -0.15) is 0 Å². The van der Waals surface area contributed by atoms with Gasteiger partial charge < -0.3 is 10.4 Å². The molecule has 0 bridgehead atoms. The van der Waals surface area contributed by atoms with Crippen molar-refractivity contribution in [3.8, 4) is 0 Å². The normalized spacial score (nSPS) is 16.9. The van der Waals surface area contributed by atoms with Crippen molar-refractivity contribution < 1.29 is 14.7 Å². The number of carboxylic acid groups (broad SMARTS) is 1. The van der Waals surface area contributed by atoms with Crippen molar-refractivity contribution in [2.24, 2.45) is 0 Å². The topological polar surface area (TPSA) is 69.6 Å². The van der Waals surface area contributed by atoms with E-state index in [9.17, 15) is 14.7 Å². The molecule has 0 saturated carbocycles. The third-order valence-corrected chi connectivity index (χ3v) is 6.71. The van der Waals surface area contributed by atoms with Gasteiger partial charge in [-0.3, -0.25) is 9.69 Å². The molecule has 6 heteroatoms. The molecule has 0 radical (unpaired) electrons. The van der Waals surface area contributed by atoms with Gasteiger partial charge in [-0.15, -0.1) is 11.3 Å². The van der Waals surface area contributed by atoms with Crippen LogP contribution in [-0.4, -0.2) is 41.0 Å². The second-order valence-corrected chi connectivity index (χ2v) is 8.65. The molecule has 29 heavy (non-hydrogen) atoms. The Hall–Kier alpha value is -2.70. The van der Waals surface area contributed by atoms with Crippen LogP contribution in [0.5, 0.6) is 0 Å². The van der Waals surface area contributed by atoms with E-state index >= 15 is 0 Å². The maximum absolute atomic E-state index is 12.5. The Bertz CT molecular complexity index is 1040. The Balaban J connectivity index is 1.48. The Morgan fingerprint density at radius 1 is 1.17 bits per heavy atom. The maximum atomic E-state index is 12.5. The zero-order valence-electron chi connectivity index (χ0n) is 16.4. The molecule has 1 atom stereocenters. The smallest absolute Gasteiger partial charge is 0.346 e. The fraction of sp³-hybridized carbons (Fsp3) is 0.304. The molecule has 2 heterocycles. The lowest BCUT2D eigenvalue weighted by molar-refractivity contribution is -0.117. The number of carbonyl (C=O) groups excluding carboxylic acids is 1. The lowest BCUT2D eigenvalue weighted by Crippen LogP contribution is -2.38. The molecule has 5 nitrogen and oxygen atoms in total. The predicted octanol–water partition coefficient (Wildman–Crippen LogP) is 4.55. The van der Waals surface area contributed by atoms with Crippen molar-refractivity contribution in [1.82, 2.24) is 4.90 Å². The lowest BCUT2D eigenvalue weighted by Gasteiger charge is -2.24. The van der Waals surface area contributed by atoms with Crippen LogP contribution < -0.4 is 5.32 Å².